The van der Waals surface area contributed by atoms with Crippen molar-refractivity contribution in [1.29, 1.82) is 0 Å². The second kappa shape index (κ2) is 6.59. The summed E-state index contributed by atoms with van der Waals surface area (Å²) in [7, 11) is 0. The van der Waals surface area contributed by atoms with Crippen molar-refractivity contribution in [2.24, 2.45) is 5.73 Å². The van der Waals surface area contributed by atoms with Gasteiger partial charge in [-0.2, -0.15) is 13.2 Å². The van der Waals surface area contributed by atoms with Gasteiger partial charge in [0.2, 0.25) is 0 Å². The van der Waals surface area contributed by atoms with Gasteiger partial charge in [-0.3, -0.25) is 4.90 Å². The summed E-state index contributed by atoms with van der Waals surface area (Å²) >= 11 is 0. The molecule has 1 unspecified atom stereocenters. The normalized spacial score (nSPS) is 20.8. The highest BCUT2D eigenvalue weighted by Gasteiger charge is 2.44. The van der Waals surface area contributed by atoms with Crippen LogP contribution < -0.4 is 5.73 Å². The minimum Gasteiger partial charge on any atom is -0.330 e. The van der Waals surface area contributed by atoms with Crippen LogP contribution in [-0.2, 0) is 0 Å². The minimum absolute atomic E-state index is 0.00778. The predicted octanol–water partition coefficient (Wildman–Crippen LogP) is 2.92. The van der Waals surface area contributed by atoms with Crippen molar-refractivity contribution >= 4 is 0 Å². The van der Waals surface area contributed by atoms with Crippen molar-refractivity contribution in [2.45, 2.75) is 63.7 Å². The van der Waals surface area contributed by atoms with Gasteiger partial charge in [-0.05, 0) is 32.4 Å². The van der Waals surface area contributed by atoms with E-state index in [0.717, 1.165) is 32.1 Å². The lowest BCUT2D eigenvalue weighted by molar-refractivity contribution is -0.192. The molecule has 0 aromatic heterocycles. The summed E-state index contributed by atoms with van der Waals surface area (Å²) in [4.78, 5) is 1.62. The molecule has 0 spiro atoms. The highest BCUT2D eigenvalue weighted by Crippen LogP contribution is 2.32. The second-order valence-corrected chi connectivity index (χ2v) is 4.76. The van der Waals surface area contributed by atoms with E-state index in [2.05, 4.69) is 0 Å². The van der Waals surface area contributed by atoms with Crippen molar-refractivity contribution in [3.63, 3.8) is 0 Å². The third-order valence-electron chi connectivity index (χ3n) is 3.63. The maximum absolute atomic E-state index is 13.0. The van der Waals surface area contributed by atoms with E-state index in [1.807, 2.05) is 6.92 Å². The maximum Gasteiger partial charge on any atom is 0.404 e. The molecule has 1 rings (SSSR count). The standard InChI is InChI=1S/C12H23F3N2/c1-2-17(10-6-4-3-5-7-10)11(8-9-16)12(13,14)15/h10-11H,2-9,16H2,1H3. The predicted molar refractivity (Wildman–Crippen MR) is 62.8 cm³/mol. The van der Waals surface area contributed by atoms with E-state index in [1.54, 1.807) is 4.90 Å². The summed E-state index contributed by atoms with van der Waals surface area (Å²) in [5.41, 5.74) is 5.32. The minimum atomic E-state index is -4.16. The third kappa shape index (κ3) is 4.14. The van der Waals surface area contributed by atoms with E-state index in [9.17, 15) is 13.2 Å². The average molecular weight is 252 g/mol. The quantitative estimate of drug-likeness (QED) is 0.815. The van der Waals surface area contributed by atoms with Crippen LogP contribution in [0.1, 0.15) is 45.4 Å². The van der Waals surface area contributed by atoms with Crippen molar-refractivity contribution in [2.75, 3.05) is 13.1 Å². The number of hydrogen-bond acceptors (Lipinski definition) is 2. The summed E-state index contributed by atoms with van der Waals surface area (Å²) in [6, 6.07) is -1.27. The van der Waals surface area contributed by atoms with Gasteiger partial charge in [0, 0.05) is 6.04 Å². The third-order valence-corrected chi connectivity index (χ3v) is 3.63. The van der Waals surface area contributed by atoms with Gasteiger partial charge in [-0.15, -0.1) is 0 Å². The molecule has 0 bridgehead atoms. The van der Waals surface area contributed by atoms with E-state index in [0.29, 0.717) is 6.54 Å². The largest absolute Gasteiger partial charge is 0.404 e. The molecule has 1 aliphatic carbocycles. The van der Waals surface area contributed by atoms with Crippen LogP contribution in [0.15, 0.2) is 0 Å². The summed E-state index contributed by atoms with van der Waals surface area (Å²) < 4.78 is 39.0. The van der Waals surface area contributed by atoms with E-state index in [-0.39, 0.29) is 19.0 Å². The van der Waals surface area contributed by atoms with Gasteiger partial charge in [0.05, 0.1) is 0 Å². The van der Waals surface area contributed by atoms with Crippen LogP contribution in [0.2, 0.25) is 0 Å². The smallest absolute Gasteiger partial charge is 0.330 e. The molecule has 5 heteroatoms. The number of nitrogens with zero attached hydrogens (tertiary/aromatic N) is 1. The summed E-state index contributed by atoms with van der Waals surface area (Å²) in [6.45, 7) is 2.35. The lowest BCUT2D eigenvalue weighted by atomic mass is 9.92. The first-order chi connectivity index (χ1) is 8.00. The van der Waals surface area contributed by atoms with Crippen molar-refractivity contribution in [1.82, 2.24) is 4.90 Å². The molecule has 0 heterocycles. The molecule has 0 aromatic carbocycles. The number of hydrogen-bond donors (Lipinski definition) is 1. The first-order valence-electron chi connectivity index (χ1n) is 6.53. The summed E-state index contributed by atoms with van der Waals surface area (Å²) in [5, 5.41) is 0. The number of rotatable bonds is 5. The zero-order valence-electron chi connectivity index (χ0n) is 10.5. The Kier molecular flexibility index (Phi) is 5.73. The van der Waals surface area contributed by atoms with Gasteiger partial charge in [0.25, 0.3) is 0 Å². The number of alkyl halides is 3. The molecule has 0 saturated heterocycles. The molecule has 1 fully saturated rings. The van der Waals surface area contributed by atoms with Gasteiger partial charge in [0.1, 0.15) is 6.04 Å². The van der Waals surface area contributed by atoms with Gasteiger partial charge in [0.15, 0.2) is 0 Å². The van der Waals surface area contributed by atoms with Crippen molar-refractivity contribution < 1.29 is 13.2 Å². The van der Waals surface area contributed by atoms with E-state index >= 15 is 0 Å². The lowest BCUT2D eigenvalue weighted by Crippen LogP contribution is -2.51. The van der Waals surface area contributed by atoms with Crippen LogP contribution in [-0.4, -0.2) is 36.2 Å². The molecule has 0 radical (unpaired) electrons. The van der Waals surface area contributed by atoms with Crippen molar-refractivity contribution in [3.05, 3.63) is 0 Å². The molecule has 0 amide bonds. The van der Waals surface area contributed by atoms with E-state index in [1.165, 1.54) is 0 Å². The molecule has 0 aliphatic heterocycles. The Morgan fingerprint density at radius 1 is 1.24 bits per heavy atom. The molecule has 1 saturated carbocycles. The Morgan fingerprint density at radius 3 is 2.24 bits per heavy atom. The number of halogens is 3. The van der Waals surface area contributed by atoms with Crippen LogP contribution in [0.5, 0.6) is 0 Å². The van der Waals surface area contributed by atoms with Crippen molar-refractivity contribution in [3.8, 4) is 0 Å². The van der Waals surface area contributed by atoms with Crippen LogP contribution >= 0.6 is 0 Å². The highest BCUT2D eigenvalue weighted by atomic mass is 19.4. The van der Waals surface area contributed by atoms with Gasteiger partial charge >= 0.3 is 6.18 Å². The Labute approximate surface area is 101 Å². The fourth-order valence-corrected chi connectivity index (χ4v) is 2.82. The van der Waals surface area contributed by atoms with E-state index < -0.39 is 12.2 Å². The summed E-state index contributed by atoms with van der Waals surface area (Å²) in [6.07, 6.45) is 0.890. The first kappa shape index (κ1) is 14.8. The van der Waals surface area contributed by atoms with Gasteiger partial charge in [-0.1, -0.05) is 26.2 Å². The van der Waals surface area contributed by atoms with Crippen LogP contribution in [0.3, 0.4) is 0 Å². The van der Waals surface area contributed by atoms with Gasteiger partial charge < -0.3 is 5.73 Å². The second-order valence-electron chi connectivity index (χ2n) is 4.76. The fourth-order valence-electron chi connectivity index (χ4n) is 2.82. The number of nitrogens with two attached hydrogens (primary N) is 1. The Hall–Kier alpha value is -0.290. The molecule has 1 atom stereocenters. The molecule has 2 N–H and O–H groups in total. The molecule has 2 nitrogen and oxygen atoms in total. The van der Waals surface area contributed by atoms with Crippen LogP contribution in [0.4, 0.5) is 13.2 Å². The molecule has 0 aromatic rings. The SMILES string of the molecule is CCN(C1CCCCC1)C(CCN)C(F)(F)F. The van der Waals surface area contributed by atoms with Gasteiger partial charge in [-0.25, -0.2) is 0 Å². The molecule has 102 valence electrons. The topological polar surface area (TPSA) is 29.3 Å². The van der Waals surface area contributed by atoms with E-state index in [4.69, 9.17) is 5.73 Å². The fraction of sp³-hybridized carbons (Fsp3) is 1.00. The Morgan fingerprint density at radius 2 is 1.82 bits per heavy atom. The zero-order chi connectivity index (χ0) is 12.9. The zero-order valence-corrected chi connectivity index (χ0v) is 10.5. The first-order valence-corrected chi connectivity index (χ1v) is 6.53. The lowest BCUT2D eigenvalue weighted by Gasteiger charge is -2.40. The maximum atomic E-state index is 13.0. The Balaban J connectivity index is 2.72. The average Bonchev–Trinajstić information content (AvgIpc) is 2.29. The van der Waals surface area contributed by atoms with Crippen LogP contribution in [0, 0.1) is 0 Å². The van der Waals surface area contributed by atoms with Crippen LogP contribution in [0.25, 0.3) is 0 Å². The molecule has 17 heavy (non-hydrogen) atoms. The molecular formula is C12H23F3N2. The Bertz CT molecular complexity index is 212. The molecule has 1 aliphatic rings. The highest BCUT2D eigenvalue weighted by molar-refractivity contribution is 4.85. The monoisotopic (exact) mass is 252 g/mol. The summed E-state index contributed by atoms with van der Waals surface area (Å²) in [5.74, 6) is 0. The molecular weight excluding hydrogens is 229 g/mol.